The summed E-state index contributed by atoms with van der Waals surface area (Å²) in [6.07, 6.45) is -0.472. The number of nitrogens with zero attached hydrogens (tertiary/aromatic N) is 1. The number of benzene rings is 1. The summed E-state index contributed by atoms with van der Waals surface area (Å²) in [7, 11) is 0. The Bertz CT molecular complexity index is 630. The highest BCUT2D eigenvalue weighted by Crippen LogP contribution is 2.43. The van der Waals surface area contributed by atoms with Gasteiger partial charge in [-0.1, -0.05) is 0 Å². The second-order valence-corrected chi connectivity index (χ2v) is 5.23. The first-order valence-corrected chi connectivity index (χ1v) is 6.83. The largest absolute Gasteiger partial charge is 0.486 e. The van der Waals surface area contributed by atoms with E-state index in [4.69, 9.17) is 19.4 Å². The van der Waals surface area contributed by atoms with Crippen molar-refractivity contribution in [3.63, 3.8) is 0 Å². The van der Waals surface area contributed by atoms with Gasteiger partial charge in [-0.05, 0) is 24.6 Å². The number of hydrogen-bond donors (Lipinski definition) is 2. The molecule has 0 bridgehead atoms. The average molecular weight is 290 g/mol. The zero-order chi connectivity index (χ0) is 14.4. The highest BCUT2D eigenvalue weighted by atomic mass is 16.7. The van der Waals surface area contributed by atoms with Crippen molar-refractivity contribution in [2.45, 2.75) is 12.8 Å². The number of hydroxylamine groups is 1. The Morgan fingerprint density at radius 2 is 2.10 bits per heavy atom. The summed E-state index contributed by atoms with van der Waals surface area (Å²) in [5, 5.41) is 9.16. The second-order valence-electron chi connectivity index (χ2n) is 5.23. The van der Waals surface area contributed by atoms with Gasteiger partial charge in [0.1, 0.15) is 19.0 Å². The fraction of sp³-hybridized carbons (Fsp3) is 0.429. The summed E-state index contributed by atoms with van der Waals surface area (Å²) in [5.74, 6) is 1.72. The number of rotatable bonds is 3. The Hall–Kier alpha value is -2.12. The summed E-state index contributed by atoms with van der Waals surface area (Å²) in [6, 6.07) is 5.24. The van der Waals surface area contributed by atoms with Crippen molar-refractivity contribution in [1.82, 2.24) is 5.48 Å². The number of aliphatic imine (C=N–C) groups is 1. The van der Waals surface area contributed by atoms with Gasteiger partial charge in [-0.3, -0.25) is 4.79 Å². The predicted octanol–water partition coefficient (Wildman–Crippen LogP) is 0.486. The van der Waals surface area contributed by atoms with Crippen LogP contribution in [0.15, 0.2) is 23.2 Å². The first kappa shape index (κ1) is 12.6. The van der Waals surface area contributed by atoms with Gasteiger partial charge in [0.25, 0.3) is 6.41 Å². The quantitative estimate of drug-likeness (QED) is 0.787. The number of ketones is 1. The van der Waals surface area contributed by atoms with Gasteiger partial charge in [-0.15, -0.1) is 0 Å². The monoisotopic (exact) mass is 290 g/mol. The number of aliphatic hydroxyl groups excluding tert-OH is 1. The third-order valence-electron chi connectivity index (χ3n) is 3.82. The van der Waals surface area contributed by atoms with Gasteiger partial charge < -0.3 is 14.6 Å². The van der Waals surface area contributed by atoms with E-state index in [1.54, 1.807) is 18.2 Å². The molecule has 2 aliphatic heterocycles. The molecule has 0 aromatic heterocycles. The maximum Gasteiger partial charge on any atom is 0.280 e. The number of carbonyl (C=O) groups excluding carboxylic acids is 1. The Labute approximate surface area is 120 Å². The van der Waals surface area contributed by atoms with Gasteiger partial charge in [0.05, 0.1) is 0 Å². The molecule has 7 heteroatoms. The molecule has 1 unspecified atom stereocenters. The Morgan fingerprint density at radius 1 is 1.29 bits per heavy atom. The van der Waals surface area contributed by atoms with E-state index in [1.165, 1.54) is 0 Å². The van der Waals surface area contributed by atoms with Crippen molar-refractivity contribution in [2.24, 2.45) is 16.8 Å². The minimum atomic E-state index is -1.18. The molecule has 2 heterocycles. The number of carbonyl (C=O) groups is 1. The maximum absolute atomic E-state index is 12.5. The molecule has 3 aliphatic rings. The molecule has 3 atom stereocenters. The molecular weight excluding hydrogens is 276 g/mol. The lowest BCUT2D eigenvalue weighted by atomic mass is 10.0. The van der Waals surface area contributed by atoms with E-state index in [9.17, 15) is 4.79 Å². The molecular formula is C14H14N2O5. The van der Waals surface area contributed by atoms with E-state index in [0.29, 0.717) is 42.5 Å². The van der Waals surface area contributed by atoms with Gasteiger partial charge in [0.15, 0.2) is 17.3 Å². The Kier molecular flexibility index (Phi) is 2.83. The molecule has 1 saturated carbocycles. The summed E-state index contributed by atoms with van der Waals surface area (Å²) < 4.78 is 10.9. The standard InChI is InChI=1S/C14H14N2O5/c17-12(8-6-9(8)13-15-14(18)21-16-13)7-1-2-10-11(5-7)20-4-3-19-10/h1-2,5,8-9,14,18H,3-4,6H2,(H,15,16)/t8-,9-,14?/m0/s1. The molecule has 4 rings (SSSR count). The fourth-order valence-corrected chi connectivity index (χ4v) is 2.65. The minimum absolute atomic E-state index is 0.0112. The van der Waals surface area contributed by atoms with Crippen LogP contribution in [-0.4, -0.2) is 36.4 Å². The lowest BCUT2D eigenvalue weighted by Crippen LogP contribution is -2.21. The van der Waals surface area contributed by atoms with Gasteiger partial charge in [-0.2, -0.15) is 0 Å². The van der Waals surface area contributed by atoms with Crippen LogP contribution in [0.4, 0.5) is 0 Å². The van der Waals surface area contributed by atoms with Crippen LogP contribution in [0, 0.1) is 11.8 Å². The molecule has 1 fully saturated rings. The SMILES string of the molecule is O=C(c1ccc2c(c1)OCCO2)[C@H]1C[C@@H]1C1=NC(O)ON1. The lowest BCUT2D eigenvalue weighted by molar-refractivity contribution is -0.102. The van der Waals surface area contributed by atoms with Crippen molar-refractivity contribution in [1.29, 1.82) is 0 Å². The number of nitrogens with one attached hydrogen (secondary N) is 1. The second kappa shape index (κ2) is 4.71. The molecule has 1 aromatic rings. The van der Waals surface area contributed by atoms with Gasteiger partial charge in [0, 0.05) is 17.4 Å². The van der Waals surface area contributed by atoms with E-state index in [-0.39, 0.29) is 17.6 Å². The number of hydrogen-bond acceptors (Lipinski definition) is 7. The van der Waals surface area contributed by atoms with Crippen LogP contribution in [0.3, 0.4) is 0 Å². The van der Waals surface area contributed by atoms with Gasteiger partial charge >= 0.3 is 0 Å². The van der Waals surface area contributed by atoms with Gasteiger partial charge in [-0.25, -0.2) is 15.3 Å². The van der Waals surface area contributed by atoms with Crippen molar-refractivity contribution < 1.29 is 24.2 Å². The molecule has 1 aliphatic carbocycles. The van der Waals surface area contributed by atoms with E-state index in [2.05, 4.69) is 10.5 Å². The maximum atomic E-state index is 12.5. The lowest BCUT2D eigenvalue weighted by Gasteiger charge is -2.18. The molecule has 1 aromatic carbocycles. The van der Waals surface area contributed by atoms with E-state index in [1.807, 2.05) is 0 Å². The summed E-state index contributed by atoms with van der Waals surface area (Å²) in [6.45, 7) is 1.02. The van der Waals surface area contributed by atoms with Crippen molar-refractivity contribution >= 4 is 11.6 Å². The van der Waals surface area contributed by atoms with Crippen molar-refractivity contribution in [3.05, 3.63) is 23.8 Å². The number of amidine groups is 1. The van der Waals surface area contributed by atoms with Crippen molar-refractivity contribution in [2.75, 3.05) is 13.2 Å². The molecule has 0 amide bonds. The van der Waals surface area contributed by atoms with Crippen LogP contribution in [0.1, 0.15) is 16.8 Å². The van der Waals surface area contributed by atoms with Crippen LogP contribution in [-0.2, 0) is 4.84 Å². The summed E-state index contributed by atoms with van der Waals surface area (Å²) in [5.41, 5.74) is 3.16. The van der Waals surface area contributed by atoms with Crippen LogP contribution < -0.4 is 15.0 Å². The predicted molar refractivity (Wildman–Crippen MR) is 71.0 cm³/mol. The normalized spacial score (nSPS) is 29.6. The molecule has 21 heavy (non-hydrogen) atoms. The smallest absolute Gasteiger partial charge is 0.280 e. The zero-order valence-corrected chi connectivity index (χ0v) is 11.1. The van der Waals surface area contributed by atoms with Crippen LogP contribution in [0.25, 0.3) is 0 Å². The van der Waals surface area contributed by atoms with E-state index >= 15 is 0 Å². The van der Waals surface area contributed by atoms with E-state index < -0.39 is 6.41 Å². The van der Waals surface area contributed by atoms with E-state index in [0.717, 1.165) is 0 Å². The first-order chi connectivity index (χ1) is 10.2. The Balaban J connectivity index is 1.50. The Morgan fingerprint density at radius 3 is 2.86 bits per heavy atom. The third-order valence-corrected chi connectivity index (χ3v) is 3.82. The van der Waals surface area contributed by atoms with Crippen LogP contribution in [0.5, 0.6) is 11.5 Å². The molecule has 7 nitrogen and oxygen atoms in total. The topological polar surface area (TPSA) is 89.4 Å². The number of ether oxygens (including phenoxy) is 2. The minimum Gasteiger partial charge on any atom is -0.486 e. The van der Waals surface area contributed by atoms with Crippen molar-refractivity contribution in [3.8, 4) is 11.5 Å². The fourth-order valence-electron chi connectivity index (χ4n) is 2.65. The molecule has 0 spiro atoms. The summed E-state index contributed by atoms with van der Waals surface area (Å²) in [4.78, 5) is 21.1. The van der Waals surface area contributed by atoms with Gasteiger partial charge in [0.2, 0.25) is 0 Å². The molecule has 0 saturated heterocycles. The average Bonchev–Trinajstić information content (AvgIpc) is 3.20. The highest BCUT2D eigenvalue weighted by molar-refractivity contribution is 6.04. The molecule has 110 valence electrons. The first-order valence-electron chi connectivity index (χ1n) is 6.83. The molecule has 0 radical (unpaired) electrons. The molecule has 2 N–H and O–H groups in total. The number of aliphatic hydroxyl groups is 1. The number of fused-ring (bicyclic) bond motifs is 1. The zero-order valence-electron chi connectivity index (χ0n) is 11.1. The third kappa shape index (κ3) is 2.24. The van der Waals surface area contributed by atoms with Crippen LogP contribution in [0.2, 0.25) is 0 Å². The number of Topliss-reactive ketones (excluding diaryl/α,β-unsaturated/α-hetero) is 1. The highest BCUT2D eigenvalue weighted by Gasteiger charge is 2.48. The summed E-state index contributed by atoms with van der Waals surface area (Å²) >= 11 is 0. The van der Waals surface area contributed by atoms with Crippen LogP contribution >= 0.6 is 0 Å².